The van der Waals surface area contributed by atoms with Crippen LogP contribution in [0.1, 0.15) is 27.0 Å². The molecule has 0 saturated carbocycles. The molecule has 4 nitrogen and oxygen atoms in total. The van der Waals surface area contributed by atoms with Crippen molar-refractivity contribution in [3.05, 3.63) is 58.7 Å². The molecule has 2 aromatic rings. The summed E-state index contributed by atoms with van der Waals surface area (Å²) in [5.41, 5.74) is 2.63. The predicted octanol–water partition coefficient (Wildman–Crippen LogP) is 3.92. The van der Waals surface area contributed by atoms with E-state index in [1.54, 1.807) is 51.5 Å². The fourth-order valence-corrected chi connectivity index (χ4v) is 2.37. The van der Waals surface area contributed by atoms with Crippen molar-refractivity contribution in [2.75, 3.05) is 14.2 Å². The standard InChI is InChI=1S/C19H20O4/c1-12-9-13(2)19(21)16(10-12)17(20)7-5-14-11-15(22-3)6-8-18(14)23-4/h5-11,21H,1-4H3/b7-5+. The third-order valence-corrected chi connectivity index (χ3v) is 3.56. The van der Waals surface area contributed by atoms with Crippen LogP contribution in [0.25, 0.3) is 6.08 Å². The first-order valence-corrected chi connectivity index (χ1v) is 7.21. The molecule has 4 heteroatoms. The third-order valence-electron chi connectivity index (χ3n) is 3.56. The molecule has 0 atom stereocenters. The zero-order valence-electron chi connectivity index (χ0n) is 13.7. The quantitative estimate of drug-likeness (QED) is 0.671. The summed E-state index contributed by atoms with van der Waals surface area (Å²) >= 11 is 0. The van der Waals surface area contributed by atoms with Crippen molar-refractivity contribution in [1.82, 2.24) is 0 Å². The summed E-state index contributed by atoms with van der Waals surface area (Å²) < 4.78 is 10.5. The molecular weight excluding hydrogens is 292 g/mol. The molecule has 1 N–H and O–H groups in total. The molecule has 0 aliphatic heterocycles. The number of aryl methyl sites for hydroxylation is 2. The van der Waals surface area contributed by atoms with E-state index in [4.69, 9.17) is 9.47 Å². The molecule has 0 fully saturated rings. The van der Waals surface area contributed by atoms with Gasteiger partial charge in [0.25, 0.3) is 0 Å². The molecule has 2 rings (SSSR count). The van der Waals surface area contributed by atoms with Gasteiger partial charge < -0.3 is 14.6 Å². The highest BCUT2D eigenvalue weighted by molar-refractivity contribution is 6.09. The number of phenolic OH excluding ortho intramolecular Hbond substituents is 1. The fraction of sp³-hybridized carbons (Fsp3) is 0.211. The van der Waals surface area contributed by atoms with Gasteiger partial charge in [0.05, 0.1) is 19.8 Å². The monoisotopic (exact) mass is 312 g/mol. The largest absolute Gasteiger partial charge is 0.507 e. The zero-order chi connectivity index (χ0) is 17.0. The summed E-state index contributed by atoms with van der Waals surface area (Å²) in [7, 11) is 3.14. The highest BCUT2D eigenvalue weighted by Crippen LogP contribution is 2.27. The number of carbonyl (C=O) groups excluding carboxylic acids is 1. The number of allylic oxidation sites excluding steroid dienone is 1. The Morgan fingerprint density at radius 3 is 2.48 bits per heavy atom. The van der Waals surface area contributed by atoms with E-state index < -0.39 is 0 Å². The molecule has 0 heterocycles. The number of rotatable bonds is 5. The number of hydrogen-bond acceptors (Lipinski definition) is 4. The van der Waals surface area contributed by atoms with Gasteiger partial charge in [0.1, 0.15) is 17.2 Å². The average Bonchev–Trinajstić information content (AvgIpc) is 2.55. The number of ether oxygens (including phenoxy) is 2. The minimum Gasteiger partial charge on any atom is -0.507 e. The van der Waals surface area contributed by atoms with Crippen LogP contribution in [0.15, 0.2) is 36.4 Å². The van der Waals surface area contributed by atoms with Crippen molar-refractivity contribution in [2.45, 2.75) is 13.8 Å². The number of carbonyl (C=O) groups is 1. The molecule has 0 radical (unpaired) electrons. The van der Waals surface area contributed by atoms with Crippen LogP contribution in [-0.2, 0) is 0 Å². The average molecular weight is 312 g/mol. The number of phenols is 1. The van der Waals surface area contributed by atoms with Crippen LogP contribution in [0.2, 0.25) is 0 Å². The van der Waals surface area contributed by atoms with Gasteiger partial charge in [-0.2, -0.15) is 0 Å². The van der Waals surface area contributed by atoms with Crippen LogP contribution < -0.4 is 9.47 Å². The molecule has 0 aliphatic rings. The molecule has 0 amide bonds. The van der Waals surface area contributed by atoms with Gasteiger partial charge in [0, 0.05) is 5.56 Å². The van der Waals surface area contributed by atoms with Crippen molar-refractivity contribution < 1.29 is 19.4 Å². The summed E-state index contributed by atoms with van der Waals surface area (Å²) in [5.74, 6) is 1.06. The lowest BCUT2D eigenvalue weighted by atomic mass is 10.0. The lowest BCUT2D eigenvalue weighted by Gasteiger charge is -2.08. The summed E-state index contributed by atoms with van der Waals surface area (Å²) in [4.78, 5) is 12.4. The highest BCUT2D eigenvalue weighted by Gasteiger charge is 2.12. The first kappa shape index (κ1) is 16.6. The van der Waals surface area contributed by atoms with Crippen LogP contribution in [-0.4, -0.2) is 25.1 Å². The minimum atomic E-state index is -0.265. The number of aromatic hydroxyl groups is 1. The number of hydrogen-bond donors (Lipinski definition) is 1. The second-order valence-electron chi connectivity index (χ2n) is 5.28. The SMILES string of the molecule is COc1ccc(OC)c(/C=C/C(=O)c2cc(C)cc(C)c2O)c1. The molecule has 0 aliphatic carbocycles. The third kappa shape index (κ3) is 3.72. The van der Waals surface area contributed by atoms with Gasteiger partial charge in [-0.1, -0.05) is 6.07 Å². The Bertz CT molecular complexity index is 760. The predicted molar refractivity (Wildman–Crippen MR) is 90.5 cm³/mol. The van der Waals surface area contributed by atoms with Crippen LogP contribution in [0.5, 0.6) is 17.2 Å². The maximum atomic E-state index is 12.4. The molecule has 0 saturated heterocycles. The fourth-order valence-electron chi connectivity index (χ4n) is 2.37. The van der Waals surface area contributed by atoms with E-state index >= 15 is 0 Å². The van der Waals surface area contributed by atoms with Crippen LogP contribution in [0, 0.1) is 13.8 Å². The molecule has 23 heavy (non-hydrogen) atoms. The Morgan fingerprint density at radius 2 is 1.83 bits per heavy atom. The van der Waals surface area contributed by atoms with Gasteiger partial charge in [0.15, 0.2) is 5.78 Å². The number of benzene rings is 2. The number of ketones is 1. The first-order chi connectivity index (χ1) is 11.0. The van der Waals surface area contributed by atoms with E-state index in [-0.39, 0.29) is 11.5 Å². The maximum Gasteiger partial charge on any atom is 0.189 e. The van der Waals surface area contributed by atoms with Crippen molar-refractivity contribution in [3.8, 4) is 17.2 Å². The van der Waals surface area contributed by atoms with E-state index in [1.165, 1.54) is 6.08 Å². The van der Waals surface area contributed by atoms with Crippen LogP contribution >= 0.6 is 0 Å². The summed E-state index contributed by atoms with van der Waals surface area (Å²) in [6, 6.07) is 8.85. The topological polar surface area (TPSA) is 55.8 Å². The van der Waals surface area contributed by atoms with Crippen LogP contribution in [0.4, 0.5) is 0 Å². The second-order valence-corrected chi connectivity index (χ2v) is 5.28. The first-order valence-electron chi connectivity index (χ1n) is 7.21. The van der Waals surface area contributed by atoms with Gasteiger partial charge >= 0.3 is 0 Å². The highest BCUT2D eigenvalue weighted by atomic mass is 16.5. The van der Waals surface area contributed by atoms with Crippen molar-refractivity contribution in [3.63, 3.8) is 0 Å². The summed E-state index contributed by atoms with van der Waals surface area (Å²) in [5, 5.41) is 10.1. The van der Waals surface area contributed by atoms with E-state index in [0.29, 0.717) is 22.6 Å². The maximum absolute atomic E-state index is 12.4. The van der Waals surface area contributed by atoms with Gasteiger partial charge in [-0.05, 0) is 61.4 Å². The molecule has 0 bridgehead atoms. The smallest absolute Gasteiger partial charge is 0.189 e. The van der Waals surface area contributed by atoms with E-state index in [1.807, 2.05) is 13.0 Å². The number of methoxy groups -OCH3 is 2. The van der Waals surface area contributed by atoms with Crippen LogP contribution in [0.3, 0.4) is 0 Å². The summed E-state index contributed by atoms with van der Waals surface area (Å²) in [6.45, 7) is 3.66. The van der Waals surface area contributed by atoms with Gasteiger partial charge in [-0.25, -0.2) is 0 Å². The lowest BCUT2D eigenvalue weighted by molar-refractivity contribution is 0.104. The Labute approximate surface area is 136 Å². The second kappa shape index (κ2) is 7.01. The van der Waals surface area contributed by atoms with Gasteiger partial charge in [-0.15, -0.1) is 0 Å². The van der Waals surface area contributed by atoms with Gasteiger partial charge in [0.2, 0.25) is 0 Å². The van der Waals surface area contributed by atoms with Crippen molar-refractivity contribution in [2.24, 2.45) is 0 Å². The molecule has 0 spiro atoms. The molecular formula is C19H20O4. The zero-order valence-corrected chi connectivity index (χ0v) is 13.7. The Kier molecular flexibility index (Phi) is 5.06. The lowest BCUT2D eigenvalue weighted by Crippen LogP contribution is -1.98. The van der Waals surface area contributed by atoms with Gasteiger partial charge in [-0.3, -0.25) is 4.79 Å². The Morgan fingerprint density at radius 1 is 1.09 bits per heavy atom. The molecule has 120 valence electrons. The normalized spacial score (nSPS) is 10.8. The minimum absolute atomic E-state index is 0.0165. The molecule has 2 aromatic carbocycles. The molecule has 0 unspecified atom stereocenters. The van der Waals surface area contributed by atoms with Crippen molar-refractivity contribution in [1.29, 1.82) is 0 Å². The van der Waals surface area contributed by atoms with E-state index in [9.17, 15) is 9.90 Å². The molecule has 0 aromatic heterocycles. The van der Waals surface area contributed by atoms with E-state index in [0.717, 1.165) is 11.1 Å². The van der Waals surface area contributed by atoms with E-state index in [2.05, 4.69) is 0 Å². The summed E-state index contributed by atoms with van der Waals surface area (Å²) in [6.07, 6.45) is 3.08. The Hall–Kier alpha value is -2.75. The Balaban J connectivity index is 2.35. The van der Waals surface area contributed by atoms with Crippen molar-refractivity contribution >= 4 is 11.9 Å².